The summed E-state index contributed by atoms with van der Waals surface area (Å²) in [5, 5.41) is 0. The molecule has 0 aliphatic rings. The second kappa shape index (κ2) is 4.04. The van der Waals surface area contributed by atoms with Gasteiger partial charge in [0.15, 0.2) is 18.4 Å². The average Bonchev–Trinajstić information content (AvgIpc) is 2.09. The van der Waals surface area contributed by atoms with Gasteiger partial charge in [-0.1, -0.05) is 0 Å². The number of ether oxygens (including phenoxy) is 2. The van der Waals surface area contributed by atoms with Gasteiger partial charge in [-0.25, -0.2) is 8.78 Å². The van der Waals surface area contributed by atoms with E-state index in [-0.39, 0.29) is 18.2 Å². The van der Waals surface area contributed by atoms with E-state index in [9.17, 15) is 8.78 Å². The molecule has 0 heterocycles. The molecule has 0 amide bonds. The predicted molar refractivity (Wildman–Crippen MR) is 43.3 cm³/mol. The van der Waals surface area contributed by atoms with Gasteiger partial charge in [0, 0.05) is 19.2 Å². The van der Waals surface area contributed by atoms with Crippen molar-refractivity contribution in [3.8, 4) is 5.75 Å². The highest BCUT2D eigenvalue weighted by molar-refractivity contribution is 5.46. The van der Waals surface area contributed by atoms with E-state index in [0.717, 1.165) is 6.07 Å². The number of hydrogen-bond acceptors (Lipinski definition) is 3. The van der Waals surface area contributed by atoms with Crippen molar-refractivity contribution in [2.45, 2.75) is 0 Å². The second-order valence-corrected chi connectivity index (χ2v) is 2.36. The van der Waals surface area contributed by atoms with E-state index in [1.165, 1.54) is 7.11 Å². The molecule has 72 valence electrons. The Bertz CT molecular complexity index is 304. The maximum absolute atomic E-state index is 12.9. The van der Waals surface area contributed by atoms with E-state index >= 15 is 0 Å². The standard InChI is InChI=1S/C8H9F2NO2/c1-12-4-13-8-3-7(11)5(9)2-6(8)10/h2-3H,4,11H2,1H3. The number of hydrogen-bond donors (Lipinski definition) is 1. The Morgan fingerprint density at radius 2 is 2.00 bits per heavy atom. The van der Waals surface area contributed by atoms with E-state index < -0.39 is 11.6 Å². The Balaban J connectivity index is 2.88. The lowest BCUT2D eigenvalue weighted by atomic mass is 10.3. The topological polar surface area (TPSA) is 44.5 Å². The fraction of sp³-hybridized carbons (Fsp3) is 0.250. The van der Waals surface area contributed by atoms with Crippen molar-refractivity contribution in [2.75, 3.05) is 19.6 Å². The molecule has 1 aromatic carbocycles. The largest absolute Gasteiger partial charge is 0.464 e. The molecule has 2 N–H and O–H groups in total. The van der Waals surface area contributed by atoms with Gasteiger partial charge < -0.3 is 15.2 Å². The molecule has 0 aliphatic heterocycles. The van der Waals surface area contributed by atoms with Crippen molar-refractivity contribution in [3.05, 3.63) is 23.8 Å². The molecule has 0 fully saturated rings. The van der Waals surface area contributed by atoms with E-state index in [2.05, 4.69) is 4.74 Å². The first-order valence-corrected chi connectivity index (χ1v) is 3.51. The summed E-state index contributed by atoms with van der Waals surface area (Å²) in [4.78, 5) is 0. The zero-order valence-corrected chi connectivity index (χ0v) is 7.01. The van der Waals surface area contributed by atoms with Crippen molar-refractivity contribution < 1.29 is 18.3 Å². The van der Waals surface area contributed by atoms with Crippen molar-refractivity contribution >= 4 is 5.69 Å². The minimum Gasteiger partial charge on any atom is -0.464 e. The lowest BCUT2D eigenvalue weighted by Gasteiger charge is -2.06. The van der Waals surface area contributed by atoms with Gasteiger partial charge in [0.25, 0.3) is 0 Å². The van der Waals surface area contributed by atoms with Crippen LogP contribution in [0.2, 0.25) is 0 Å². The van der Waals surface area contributed by atoms with Gasteiger partial charge in [-0.05, 0) is 0 Å². The van der Waals surface area contributed by atoms with Gasteiger partial charge in [0.1, 0.15) is 5.82 Å². The molecular formula is C8H9F2NO2. The molecule has 0 saturated carbocycles. The number of nitrogens with two attached hydrogens (primary N) is 1. The molecule has 1 aromatic rings. The zero-order valence-electron chi connectivity index (χ0n) is 7.01. The SMILES string of the molecule is COCOc1cc(N)c(F)cc1F. The molecule has 0 aliphatic carbocycles. The third-order valence-corrected chi connectivity index (χ3v) is 1.38. The van der Waals surface area contributed by atoms with E-state index in [1.54, 1.807) is 0 Å². The Morgan fingerprint density at radius 1 is 1.31 bits per heavy atom. The highest BCUT2D eigenvalue weighted by Gasteiger charge is 2.08. The van der Waals surface area contributed by atoms with Gasteiger partial charge in [0.2, 0.25) is 0 Å². The summed E-state index contributed by atoms with van der Waals surface area (Å²) < 4.78 is 34.8. The van der Waals surface area contributed by atoms with Crippen LogP contribution in [0.25, 0.3) is 0 Å². The quantitative estimate of drug-likeness (QED) is 0.579. The minimum absolute atomic E-state index is 0.109. The molecule has 0 spiro atoms. The van der Waals surface area contributed by atoms with Crippen LogP contribution in [0.4, 0.5) is 14.5 Å². The predicted octanol–water partition coefficient (Wildman–Crippen LogP) is 1.53. The van der Waals surface area contributed by atoms with Crippen LogP contribution in [0.1, 0.15) is 0 Å². The highest BCUT2D eigenvalue weighted by atomic mass is 19.1. The third kappa shape index (κ3) is 2.29. The van der Waals surface area contributed by atoms with Gasteiger partial charge in [-0.2, -0.15) is 0 Å². The molecule has 0 saturated heterocycles. The Kier molecular flexibility index (Phi) is 3.02. The summed E-state index contributed by atoms with van der Waals surface area (Å²) in [5.41, 5.74) is 5.04. The molecule has 0 unspecified atom stereocenters. The van der Waals surface area contributed by atoms with E-state index in [4.69, 9.17) is 10.5 Å². The Labute approximate surface area is 74.1 Å². The first-order chi connectivity index (χ1) is 6.15. The van der Waals surface area contributed by atoms with Gasteiger partial charge in [-0.15, -0.1) is 0 Å². The van der Waals surface area contributed by atoms with E-state index in [0.29, 0.717) is 6.07 Å². The molecule has 0 atom stereocenters. The van der Waals surface area contributed by atoms with Crippen LogP contribution in [-0.4, -0.2) is 13.9 Å². The molecular weight excluding hydrogens is 180 g/mol. The lowest BCUT2D eigenvalue weighted by molar-refractivity contribution is 0.0482. The van der Waals surface area contributed by atoms with Crippen LogP contribution >= 0.6 is 0 Å². The van der Waals surface area contributed by atoms with Crippen LogP contribution in [0.3, 0.4) is 0 Å². The van der Waals surface area contributed by atoms with Gasteiger partial charge >= 0.3 is 0 Å². The monoisotopic (exact) mass is 189 g/mol. The van der Waals surface area contributed by atoms with Crippen molar-refractivity contribution in [3.63, 3.8) is 0 Å². The number of methoxy groups -OCH3 is 1. The van der Waals surface area contributed by atoms with Crippen LogP contribution in [0, 0.1) is 11.6 Å². The maximum Gasteiger partial charge on any atom is 0.188 e. The number of halogens is 2. The van der Waals surface area contributed by atoms with E-state index in [1.807, 2.05) is 0 Å². The molecule has 1 rings (SSSR count). The summed E-state index contributed by atoms with van der Waals surface area (Å²) in [7, 11) is 1.39. The lowest BCUT2D eigenvalue weighted by Crippen LogP contribution is -2.02. The van der Waals surface area contributed by atoms with Crippen LogP contribution in [-0.2, 0) is 4.74 Å². The first-order valence-electron chi connectivity index (χ1n) is 3.51. The van der Waals surface area contributed by atoms with Crippen molar-refractivity contribution in [2.24, 2.45) is 0 Å². The van der Waals surface area contributed by atoms with Gasteiger partial charge in [-0.3, -0.25) is 0 Å². The Hall–Kier alpha value is -1.36. The molecule has 5 heteroatoms. The van der Waals surface area contributed by atoms with Gasteiger partial charge in [0.05, 0.1) is 5.69 Å². The molecule has 0 bridgehead atoms. The fourth-order valence-corrected chi connectivity index (χ4v) is 0.778. The van der Waals surface area contributed by atoms with Crippen molar-refractivity contribution in [1.82, 2.24) is 0 Å². The minimum atomic E-state index is -0.803. The molecule has 13 heavy (non-hydrogen) atoms. The highest BCUT2D eigenvalue weighted by Crippen LogP contribution is 2.22. The summed E-state index contributed by atoms with van der Waals surface area (Å²) >= 11 is 0. The number of benzene rings is 1. The smallest absolute Gasteiger partial charge is 0.188 e. The Morgan fingerprint density at radius 3 is 2.62 bits per heavy atom. The second-order valence-electron chi connectivity index (χ2n) is 2.36. The first kappa shape index (κ1) is 9.73. The van der Waals surface area contributed by atoms with Crippen molar-refractivity contribution in [1.29, 1.82) is 0 Å². The maximum atomic E-state index is 12.9. The van der Waals surface area contributed by atoms with Crippen LogP contribution in [0.15, 0.2) is 12.1 Å². The molecule has 0 radical (unpaired) electrons. The molecule has 3 nitrogen and oxygen atoms in total. The summed E-state index contributed by atoms with van der Waals surface area (Å²) in [5.74, 6) is -1.73. The molecule has 0 aromatic heterocycles. The summed E-state index contributed by atoms with van der Waals surface area (Å²) in [6.07, 6.45) is 0. The fourth-order valence-electron chi connectivity index (χ4n) is 0.778. The zero-order chi connectivity index (χ0) is 9.84. The van der Waals surface area contributed by atoms with Crippen LogP contribution < -0.4 is 10.5 Å². The normalized spacial score (nSPS) is 10.1. The van der Waals surface area contributed by atoms with Crippen LogP contribution in [0.5, 0.6) is 5.75 Å². The number of nitrogen functional groups attached to an aromatic ring is 1. The third-order valence-electron chi connectivity index (χ3n) is 1.38. The summed E-state index contributed by atoms with van der Waals surface area (Å²) in [6, 6.07) is 1.74. The number of anilines is 1. The average molecular weight is 189 g/mol. The summed E-state index contributed by atoms with van der Waals surface area (Å²) in [6.45, 7) is -0.109. The number of rotatable bonds is 3.